The Kier molecular flexibility index (Phi) is 5.38. The maximum absolute atomic E-state index is 12.7. The van der Waals surface area contributed by atoms with E-state index in [1.807, 2.05) is 23.1 Å². The molecular formula is C17H22N2O2. The molecule has 0 spiro atoms. The largest absolute Gasteiger partial charge is 0.384 e. The van der Waals surface area contributed by atoms with E-state index in [-0.39, 0.29) is 12.5 Å². The summed E-state index contributed by atoms with van der Waals surface area (Å²) in [6.07, 6.45) is 0. The lowest BCUT2D eigenvalue weighted by molar-refractivity contribution is 0.0528. The first-order chi connectivity index (χ1) is 10.2. The van der Waals surface area contributed by atoms with Crippen LogP contribution in [0.1, 0.15) is 29.8 Å². The van der Waals surface area contributed by atoms with Crippen molar-refractivity contribution in [1.82, 2.24) is 9.80 Å². The molecular weight excluding hydrogens is 264 g/mol. The fourth-order valence-corrected chi connectivity index (χ4v) is 2.73. The predicted molar refractivity (Wildman–Crippen MR) is 83.0 cm³/mol. The topological polar surface area (TPSA) is 43.8 Å². The Morgan fingerprint density at radius 1 is 1.38 bits per heavy atom. The molecule has 0 aliphatic carbocycles. The van der Waals surface area contributed by atoms with Gasteiger partial charge in [0.2, 0.25) is 0 Å². The zero-order valence-electron chi connectivity index (χ0n) is 12.7. The smallest absolute Gasteiger partial charge is 0.255 e. The third-order valence-electron chi connectivity index (χ3n) is 3.92. The Morgan fingerprint density at radius 3 is 2.81 bits per heavy atom. The number of aliphatic hydroxyl groups is 1. The summed E-state index contributed by atoms with van der Waals surface area (Å²) in [7, 11) is 0. The Morgan fingerprint density at radius 2 is 2.14 bits per heavy atom. The van der Waals surface area contributed by atoms with Crippen molar-refractivity contribution in [2.45, 2.75) is 19.9 Å². The predicted octanol–water partition coefficient (Wildman–Crippen LogP) is 1.20. The molecule has 1 aliphatic rings. The van der Waals surface area contributed by atoms with Crippen LogP contribution in [0.2, 0.25) is 0 Å². The minimum Gasteiger partial charge on any atom is -0.384 e. The average Bonchev–Trinajstić information content (AvgIpc) is 2.52. The van der Waals surface area contributed by atoms with Gasteiger partial charge in [-0.3, -0.25) is 9.69 Å². The van der Waals surface area contributed by atoms with Crippen LogP contribution in [-0.4, -0.2) is 59.6 Å². The molecule has 1 amide bonds. The molecule has 0 radical (unpaired) electrons. The zero-order chi connectivity index (χ0) is 15.2. The van der Waals surface area contributed by atoms with Crippen molar-refractivity contribution in [3.05, 3.63) is 35.4 Å². The lowest BCUT2D eigenvalue weighted by Gasteiger charge is -2.39. The molecule has 0 aromatic heterocycles. The number of carbonyl (C=O) groups excluding carboxylic acids is 1. The number of aliphatic hydroxyl groups excluding tert-OH is 1. The summed E-state index contributed by atoms with van der Waals surface area (Å²) in [5.74, 6) is 5.50. The van der Waals surface area contributed by atoms with Crippen LogP contribution in [0, 0.1) is 11.8 Å². The molecule has 1 unspecified atom stereocenters. The van der Waals surface area contributed by atoms with E-state index in [2.05, 4.69) is 30.6 Å². The van der Waals surface area contributed by atoms with Gasteiger partial charge in [-0.1, -0.05) is 30.9 Å². The van der Waals surface area contributed by atoms with E-state index in [1.165, 1.54) is 0 Å². The van der Waals surface area contributed by atoms with Crippen molar-refractivity contribution in [3.63, 3.8) is 0 Å². The normalized spacial score (nSPS) is 19.0. The Hall–Kier alpha value is -1.83. The van der Waals surface area contributed by atoms with Crippen molar-refractivity contribution in [1.29, 1.82) is 0 Å². The summed E-state index contributed by atoms with van der Waals surface area (Å²) < 4.78 is 0. The van der Waals surface area contributed by atoms with Crippen molar-refractivity contribution in [3.8, 4) is 11.8 Å². The van der Waals surface area contributed by atoms with Crippen molar-refractivity contribution in [2.75, 3.05) is 32.8 Å². The number of hydrogen-bond donors (Lipinski definition) is 1. The first kappa shape index (κ1) is 15.6. The van der Waals surface area contributed by atoms with Crippen LogP contribution in [0.25, 0.3) is 0 Å². The fourth-order valence-electron chi connectivity index (χ4n) is 2.73. The molecule has 112 valence electrons. The lowest BCUT2D eigenvalue weighted by atomic mass is 10.1. The minimum atomic E-state index is -0.200. The molecule has 1 aliphatic heterocycles. The summed E-state index contributed by atoms with van der Waals surface area (Å²) in [6, 6.07) is 7.71. The summed E-state index contributed by atoms with van der Waals surface area (Å²) in [5.41, 5.74) is 1.30. The second-order valence-electron chi connectivity index (χ2n) is 5.23. The summed E-state index contributed by atoms with van der Waals surface area (Å²) in [6.45, 7) is 7.52. The van der Waals surface area contributed by atoms with Crippen LogP contribution in [0.4, 0.5) is 0 Å². The fraction of sp³-hybridized carbons (Fsp3) is 0.471. The molecule has 21 heavy (non-hydrogen) atoms. The van der Waals surface area contributed by atoms with Gasteiger partial charge in [-0.2, -0.15) is 0 Å². The summed E-state index contributed by atoms with van der Waals surface area (Å²) >= 11 is 0. The molecule has 0 bridgehead atoms. The van der Waals surface area contributed by atoms with Gasteiger partial charge in [0.15, 0.2) is 0 Å². The number of rotatable bonds is 2. The second-order valence-corrected chi connectivity index (χ2v) is 5.23. The van der Waals surface area contributed by atoms with E-state index in [9.17, 15) is 4.79 Å². The number of nitrogens with zero attached hydrogens (tertiary/aromatic N) is 2. The highest BCUT2D eigenvalue weighted by Crippen LogP contribution is 2.15. The summed E-state index contributed by atoms with van der Waals surface area (Å²) in [5, 5.41) is 8.82. The molecule has 1 fully saturated rings. The van der Waals surface area contributed by atoms with Gasteiger partial charge in [-0.05, 0) is 25.6 Å². The van der Waals surface area contributed by atoms with E-state index in [0.29, 0.717) is 17.2 Å². The Balaban J connectivity index is 2.17. The highest BCUT2D eigenvalue weighted by molar-refractivity contribution is 5.96. The van der Waals surface area contributed by atoms with Crippen molar-refractivity contribution < 1.29 is 9.90 Å². The number of carbonyl (C=O) groups is 1. The van der Waals surface area contributed by atoms with E-state index in [4.69, 9.17) is 5.11 Å². The molecule has 4 heteroatoms. The number of hydrogen-bond acceptors (Lipinski definition) is 3. The average molecular weight is 286 g/mol. The number of amides is 1. The van der Waals surface area contributed by atoms with Crippen LogP contribution in [0.5, 0.6) is 0 Å². The molecule has 1 atom stereocenters. The molecule has 1 N–H and O–H groups in total. The maximum atomic E-state index is 12.7. The molecule has 0 saturated carbocycles. The van der Waals surface area contributed by atoms with Gasteiger partial charge in [0.05, 0.1) is 5.56 Å². The standard InChI is InChI=1S/C17H22N2O2/c1-3-18-10-11-19(13-14(18)2)17(21)16-9-5-4-7-15(16)8-6-12-20/h4-5,7,9,14,20H,3,10-13H2,1-2H3. The third-order valence-corrected chi connectivity index (χ3v) is 3.92. The molecule has 4 nitrogen and oxygen atoms in total. The van der Waals surface area contributed by atoms with E-state index in [1.54, 1.807) is 6.07 Å². The monoisotopic (exact) mass is 286 g/mol. The van der Waals surface area contributed by atoms with E-state index < -0.39 is 0 Å². The van der Waals surface area contributed by atoms with Gasteiger partial charge in [0.1, 0.15) is 6.61 Å². The van der Waals surface area contributed by atoms with Crippen LogP contribution in [0.3, 0.4) is 0 Å². The number of benzene rings is 1. The van der Waals surface area contributed by atoms with Crippen LogP contribution in [0.15, 0.2) is 24.3 Å². The van der Waals surface area contributed by atoms with Crippen LogP contribution in [-0.2, 0) is 0 Å². The van der Waals surface area contributed by atoms with Crippen LogP contribution < -0.4 is 0 Å². The Bertz CT molecular complexity index is 559. The van der Waals surface area contributed by atoms with Gasteiger partial charge >= 0.3 is 0 Å². The number of piperazine rings is 1. The number of likely N-dealkylation sites (N-methyl/N-ethyl adjacent to an activating group) is 1. The SMILES string of the molecule is CCN1CCN(C(=O)c2ccccc2C#CCO)CC1C. The molecule has 2 rings (SSSR count). The third kappa shape index (κ3) is 3.63. The molecule has 1 aromatic carbocycles. The zero-order valence-corrected chi connectivity index (χ0v) is 12.7. The highest BCUT2D eigenvalue weighted by Gasteiger charge is 2.27. The molecule has 1 aromatic rings. The van der Waals surface area contributed by atoms with Crippen molar-refractivity contribution >= 4 is 5.91 Å². The van der Waals surface area contributed by atoms with Gasteiger partial charge < -0.3 is 10.0 Å². The van der Waals surface area contributed by atoms with Crippen LogP contribution >= 0.6 is 0 Å². The van der Waals surface area contributed by atoms with Gasteiger partial charge in [-0.15, -0.1) is 0 Å². The lowest BCUT2D eigenvalue weighted by Crippen LogP contribution is -2.53. The molecule has 1 heterocycles. The van der Waals surface area contributed by atoms with Gasteiger partial charge in [0.25, 0.3) is 5.91 Å². The first-order valence-corrected chi connectivity index (χ1v) is 7.39. The van der Waals surface area contributed by atoms with Gasteiger partial charge in [-0.25, -0.2) is 0 Å². The highest BCUT2D eigenvalue weighted by atomic mass is 16.2. The Labute approximate surface area is 126 Å². The summed E-state index contributed by atoms with van der Waals surface area (Å²) in [4.78, 5) is 17.0. The van der Waals surface area contributed by atoms with E-state index in [0.717, 1.165) is 26.2 Å². The van der Waals surface area contributed by atoms with E-state index >= 15 is 0 Å². The minimum absolute atomic E-state index is 0.0282. The second kappa shape index (κ2) is 7.26. The maximum Gasteiger partial charge on any atom is 0.255 e. The molecule has 1 saturated heterocycles. The first-order valence-electron chi connectivity index (χ1n) is 7.39. The quantitative estimate of drug-likeness (QED) is 0.831. The van der Waals surface area contributed by atoms with Crippen molar-refractivity contribution in [2.24, 2.45) is 0 Å². The van der Waals surface area contributed by atoms with Gasteiger partial charge in [0, 0.05) is 31.2 Å².